The minimum atomic E-state index is 0.301. The third-order valence-electron chi connectivity index (χ3n) is 3.62. The van der Waals surface area contributed by atoms with Crippen LogP contribution in [-0.4, -0.2) is 14.8 Å². The van der Waals surface area contributed by atoms with Gasteiger partial charge in [-0.3, -0.25) is 0 Å². The predicted molar refractivity (Wildman–Crippen MR) is 86.6 cm³/mol. The molecule has 0 atom stereocenters. The van der Waals surface area contributed by atoms with Gasteiger partial charge in [-0.2, -0.15) is 5.10 Å². The Morgan fingerprint density at radius 2 is 2.04 bits per heavy atom. The number of ether oxygens (including phenoxy) is 1. The van der Waals surface area contributed by atoms with Crippen LogP contribution in [0.3, 0.4) is 0 Å². The van der Waals surface area contributed by atoms with E-state index in [1.54, 1.807) is 6.20 Å². The van der Waals surface area contributed by atoms with Crippen molar-refractivity contribution in [1.29, 1.82) is 0 Å². The van der Waals surface area contributed by atoms with Crippen molar-refractivity contribution in [2.75, 3.05) is 0 Å². The molecule has 23 heavy (non-hydrogen) atoms. The molecule has 4 aromatic rings. The van der Waals surface area contributed by atoms with Crippen molar-refractivity contribution in [1.82, 2.24) is 14.8 Å². The van der Waals surface area contributed by atoms with Crippen molar-refractivity contribution < 1.29 is 9.15 Å². The van der Waals surface area contributed by atoms with Gasteiger partial charge < -0.3 is 9.15 Å². The van der Waals surface area contributed by atoms with Crippen LogP contribution in [0.25, 0.3) is 16.8 Å². The number of aryl methyl sites for hydroxylation is 1. The minimum Gasteiger partial charge on any atom is -0.484 e. The molecule has 0 aliphatic rings. The average molecular weight is 305 g/mol. The Labute approximate surface area is 133 Å². The molecule has 0 unspecified atom stereocenters. The highest BCUT2D eigenvalue weighted by Gasteiger charge is 2.07. The quantitative estimate of drug-likeness (QED) is 0.574. The second kappa shape index (κ2) is 5.61. The lowest BCUT2D eigenvalue weighted by molar-refractivity contribution is 0.267. The van der Waals surface area contributed by atoms with Crippen LogP contribution in [0.1, 0.15) is 11.5 Å². The Morgan fingerprint density at radius 3 is 2.83 bits per heavy atom. The summed E-state index contributed by atoms with van der Waals surface area (Å²) in [4.78, 5) is 4.40. The second-order valence-electron chi connectivity index (χ2n) is 5.26. The van der Waals surface area contributed by atoms with Gasteiger partial charge in [-0.05, 0) is 48.9 Å². The summed E-state index contributed by atoms with van der Waals surface area (Å²) < 4.78 is 13.3. The Morgan fingerprint density at radius 1 is 1.13 bits per heavy atom. The van der Waals surface area contributed by atoms with Gasteiger partial charge in [-0.1, -0.05) is 12.1 Å². The summed E-state index contributed by atoms with van der Waals surface area (Å²) >= 11 is 0. The van der Waals surface area contributed by atoms with Gasteiger partial charge in [0.2, 0.25) is 5.89 Å². The third kappa shape index (κ3) is 2.68. The molecule has 0 spiro atoms. The summed E-state index contributed by atoms with van der Waals surface area (Å²) in [6.07, 6.45) is 3.68. The zero-order valence-electron chi connectivity index (χ0n) is 12.6. The maximum Gasteiger partial charge on any atom is 0.233 e. The molecule has 2 aromatic carbocycles. The molecule has 0 saturated carbocycles. The van der Waals surface area contributed by atoms with Crippen LogP contribution in [0.4, 0.5) is 0 Å². The van der Waals surface area contributed by atoms with Gasteiger partial charge in [-0.25, -0.2) is 9.67 Å². The fourth-order valence-corrected chi connectivity index (χ4v) is 2.51. The molecule has 2 aromatic heterocycles. The summed E-state index contributed by atoms with van der Waals surface area (Å²) in [6.45, 7) is 2.33. The smallest absolute Gasteiger partial charge is 0.233 e. The highest BCUT2D eigenvalue weighted by atomic mass is 16.5. The van der Waals surface area contributed by atoms with Gasteiger partial charge in [0.05, 0.1) is 5.69 Å². The number of oxazole rings is 1. The molecule has 2 heterocycles. The van der Waals surface area contributed by atoms with Crippen molar-refractivity contribution in [2.45, 2.75) is 13.5 Å². The van der Waals surface area contributed by atoms with Crippen molar-refractivity contribution >= 4 is 11.1 Å². The first-order valence-electron chi connectivity index (χ1n) is 7.37. The molecule has 4 rings (SSSR count). The summed E-state index contributed by atoms with van der Waals surface area (Å²) in [5.74, 6) is 1.35. The molecule has 0 N–H and O–H groups in total. The molecular weight excluding hydrogens is 290 g/mol. The van der Waals surface area contributed by atoms with Gasteiger partial charge in [0, 0.05) is 12.4 Å². The van der Waals surface area contributed by atoms with Crippen LogP contribution in [-0.2, 0) is 6.61 Å². The fraction of sp³-hybridized carbons (Fsp3) is 0.111. The van der Waals surface area contributed by atoms with Crippen LogP contribution in [0, 0.1) is 6.92 Å². The maximum atomic E-state index is 5.79. The topological polar surface area (TPSA) is 53.1 Å². The number of nitrogens with zero attached hydrogens (tertiary/aromatic N) is 3. The van der Waals surface area contributed by atoms with Gasteiger partial charge >= 0.3 is 0 Å². The van der Waals surface area contributed by atoms with E-state index in [-0.39, 0.29) is 0 Å². The van der Waals surface area contributed by atoms with Gasteiger partial charge in [-0.15, -0.1) is 0 Å². The fourth-order valence-electron chi connectivity index (χ4n) is 2.51. The zero-order chi connectivity index (χ0) is 15.6. The molecule has 0 fully saturated rings. The van der Waals surface area contributed by atoms with Gasteiger partial charge in [0.25, 0.3) is 0 Å². The first-order valence-corrected chi connectivity index (χ1v) is 7.37. The average Bonchev–Trinajstić information content (AvgIpc) is 3.22. The normalized spacial score (nSPS) is 11.0. The van der Waals surface area contributed by atoms with Crippen LogP contribution in [0.5, 0.6) is 5.75 Å². The first kappa shape index (κ1) is 13.6. The van der Waals surface area contributed by atoms with E-state index < -0.39 is 0 Å². The largest absolute Gasteiger partial charge is 0.484 e. The minimum absolute atomic E-state index is 0.301. The number of hydrogen-bond acceptors (Lipinski definition) is 4. The van der Waals surface area contributed by atoms with E-state index in [2.05, 4.69) is 10.1 Å². The summed E-state index contributed by atoms with van der Waals surface area (Å²) in [5.41, 5.74) is 3.74. The van der Waals surface area contributed by atoms with Crippen molar-refractivity contribution in [3.05, 3.63) is 72.4 Å². The molecule has 5 nitrogen and oxygen atoms in total. The van der Waals surface area contributed by atoms with Gasteiger partial charge in [0.15, 0.2) is 12.2 Å². The molecule has 0 aliphatic carbocycles. The molecule has 0 aliphatic heterocycles. The number of para-hydroxylation sites is 2. The number of hydrogen-bond donors (Lipinski definition) is 0. The lowest BCUT2D eigenvalue weighted by Gasteiger charge is -2.09. The van der Waals surface area contributed by atoms with Gasteiger partial charge in [0.1, 0.15) is 11.3 Å². The first-order chi connectivity index (χ1) is 11.3. The SMILES string of the molecule is Cc1cc(OCc2nc3ccccc3o2)ccc1-n1cccn1. The Hall–Kier alpha value is -3.08. The van der Waals surface area contributed by atoms with Crippen LogP contribution in [0.15, 0.2) is 65.3 Å². The van der Waals surface area contributed by atoms with Crippen LogP contribution in [0.2, 0.25) is 0 Å². The number of aromatic nitrogens is 3. The molecule has 0 bridgehead atoms. The zero-order valence-corrected chi connectivity index (χ0v) is 12.6. The van der Waals surface area contributed by atoms with E-state index in [1.165, 1.54) is 0 Å². The van der Waals surface area contributed by atoms with E-state index in [0.29, 0.717) is 12.5 Å². The third-order valence-corrected chi connectivity index (χ3v) is 3.62. The molecule has 0 saturated heterocycles. The van der Waals surface area contributed by atoms with Crippen LogP contribution < -0.4 is 4.74 Å². The Balaban J connectivity index is 1.51. The predicted octanol–water partition coefficient (Wildman–Crippen LogP) is 3.90. The van der Waals surface area contributed by atoms with E-state index in [1.807, 2.05) is 66.3 Å². The lowest BCUT2D eigenvalue weighted by atomic mass is 10.2. The van der Waals surface area contributed by atoms with Crippen molar-refractivity contribution in [2.24, 2.45) is 0 Å². The van der Waals surface area contributed by atoms with E-state index in [9.17, 15) is 0 Å². The summed E-state index contributed by atoms with van der Waals surface area (Å²) in [5, 5.41) is 4.25. The Bertz CT molecular complexity index is 909. The van der Waals surface area contributed by atoms with Crippen molar-refractivity contribution in [3.63, 3.8) is 0 Å². The standard InChI is InChI=1S/C18H15N3O2/c1-13-11-14(7-8-16(13)21-10-4-9-19-21)22-12-18-20-15-5-2-3-6-17(15)23-18/h2-11H,12H2,1H3. The molecule has 5 heteroatoms. The van der Waals surface area contributed by atoms with E-state index in [0.717, 1.165) is 28.1 Å². The molecule has 0 radical (unpaired) electrons. The van der Waals surface area contributed by atoms with E-state index in [4.69, 9.17) is 9.15 Å². The second-order valence-corrected chi connectivity index (χ2v) is 5.26. The van der Waals surface area contributed by atoms with E-state index >= 15 is 0 Å². The van der Waals surface area contributed by atoms with Crippen molar-refractivity contribution in [3.8, 4) is 11.4 Å². The molecule has 0 amide bonds. The number of benzene rings is 2. The monoisotopic (exact) mass is 305 g/mol. The number of rotatable bonds is 4. The molecule has 114 valence electrons. The lowest BCUT2D eigenvalue weighted by Crippen LogP contribution is -1.99. The molecular formula is C18H15N3O2. The summed E-state index contributed by atoms with van der Waals surface area (Å²) in [6, 6.07) is 15.5. The maximum absolute atomic E-state index is 5.79. The number of fused-ring (bicyclic) bond motifs is 1. The Kier molecular flexibility index (Phi) is 3.31. The highest BCUT2D eigenvalue weighted by molar-refractivity contribution is 5.72. The summed E-state index contributed by atoms with van der Waals surface area (Å²) in [7, 11) is 0. The highest BCUT2D eigenvalue weighted by Crippen LogP contribution is 2.22. The van der Waals surface area contributed by atoms with Crippen LogP contribution >= 0.6 is 0 Å².